The second-order valence-corrected chi connectivity index (χ2v) is 9.01. The highest BCUT2D eigenvalue weighted by Crippen LogP contribution is 2.32. The highest BCUT2D eigenvalue weighted by Gasteiger charge is 2.21. The van der Waals surface area contributed by atoms with E-state index in [0.29, 0.717) is 17.9 Å². The van der Waals surface area contributed by atoms with Crippen LogP contribution in [0.3, 0.4) is 0 Å². The van der Waals surface area contributed by atoms with E-state index in [-0.39, 0.29) is 6.04 Å². The van der Waals surface area contributed by atoms with Crippen molar-refractivity contribution in [2.24, 2.45) is 5.73 Å². The number of piperidine rings is 1. The molecule has 0 saturated carbocycles. The Kier molecular flexibility index (Phi) is 5.11. The summed E-state index contributed by atoms with van der Waals surface area (Å²) in [5, 5.41) is 2.41. The third kappa shape index (κ3) is 3.64. The molecule has 0 bridgehead atoms. The number of imidazole rings is 1. The third-order valence-electron chi connectivity index (χ3n) is 6.73. The number of hydrogen-bond acceptors (Lipinski definition) is 6. The van der Waals surface area contributed by atoms with E-state index in [1.807, 2.05) is 23.0 Å². The summed E-state index contributed by atoms with van der Waals surface area (Å²) in [6.07, 6.45) is 10.4. The van der Waals surface area contributed by atoms with Crippen molar-refractivity contribution in [3.05, 3.63) is 84.6 Å². The van der Waals surface area contributed by atoms with Crippen LogP contribution in [0.1, 0.15) is 24.1 Å². The number of anilines is 2. The van der Waals surface area contributed by atoms with E-state index in [2.05, 4.69) is 63.4 Å². The van der Waals surface area contributed by atoms with Gasteiger partial charge in [-0.2, -0.15) is 0 Å². The van der Waals surface area contributed by atoms with E-state index in [1.165, 1.54) is 16.3 Å². The smallest absolute Gasteiger partial charge is 0.180 e. The first-order valence-corrected chi connectivity index (χ1v) is 11.7. The van der Waals surface area contributed by atoms with E-state index in [9.17, 15) is 0 Å². The zero-order valence-corrected chi connectivity index (χ0v) is 18.9. The summed E-state index contributed by atoms with van der Waals surface area (Å²) in [5.74, 6) is 0.433. The Morgan fingerprint density at radius 2 is 1.88 bits per heavy atom. The average molecular weight is 450 g/mol. The lowest BCUT2D eigenvalue weighted by atomic mass is 9.98. The molecule has 1 fully saturated rings. The quantitative estimate of drug-likeness (QED) is 0.430. The summed E-state index contributed by atoms with van der Waals surface area (Å²) in [6, 6.07) is 17.2. The Morgan fingerprint density at radius 1 is 1.00 bits per heavy atom. The minimum Gasteiger partial charge on any atom is -0.381 e. The molecule has 0 spiro atoms. The first-order chi connectivity index (χ1) is 16.7. The van der Waals surface area contributed by atoms with Crippen LogP contribution in [-0.2, 0) is 6.42 Å². The van der Waals surface area contributed by atoms with Gasteiger partial charge in [0.2, 0.25) is 0 Å². The van der Waals surface area contributed by atoms with Crippen LogP contribution >= 0.6 is 0 Å². The van der Waals surface area contributed by atoms with Gasteiger partial charge < -0.3 is 16.4 Å². The van der Waals surface area contributed by atoms with Gasteiger partial charge in [-0.05, 0) is 35.2 Å². The monoisotopic (exact) mass is 449 g/mol. The molecule has 7 nitrogen and oxygen atoms in total. The van der Waals surface area contributed by atoms with Gasteiger partial charge in [-0.25, -0.2) is 9.97 Å². The number of hydrogen-bond donors (Lipinski definition) is 2. The minimum absolute atomic E-state index is 0.181. The van der Waals surface area contributed by atoms with Gasteiger partial charge in [-0.1, -0.05) is 42.5 Å². The molecule has 170 valence electrons. The number of nitrogens with two attached hydrogens (primary N) is 2. The summed E-state index contributed by atoms with van der Waals surface area (Å²) in [7, 11) is 0. The van der Waals surface area contributed by atoms with Crippen LogP contribution in [0, 0.1) is 0 Å². The van der Waals surface area contributed by atoms with Crippen LogP contribution in [0.4, 0.5) is 11.5 Å². The zero-order valence-electron chi connectivity index (χ0n) is 18.9. The standard InChI is InChI=1S/C27H27N7/c28-20-7-4-11-33(17-20)25-16-31-24(23-9-3-6-18-5-1-2-8-22(18)23)14-19(25)13-21-15-32-27-26(29)30-10-12-34(21)27/h1-3,5-6,8-10,12,14-16,20H,4,7,11,13,17,28H2,(H2,29,30). The molecular weight excluding hydrogens is 422 g/mol. The molecule has 0 aliphatic carbocycles. The van der Waals surface area contributed by atoms with E-state index in [4.69, 9.17) is 16.5 Å². The molecule has 4 heterocycles. The van der Waals surface area contributed by atoms with Gasteiger partial charge in [0.05, 0.1) is 17.6 Å². The molecule has 1 aliphatic heterocycles. The second kappa shape index (κ2) is 8.43. The lowest BCUT2D eigenvalue weighted by Gasteiger charge is -2.34. The molecule has 1 saturated heterocycles. The van der Waals surface area contributed by atoms with Gasteiger partial charge in [-0.15, -0.1) is 0 Å². The molecule has 7 heteroatoms. The summed E-state index contributed by atoms with van der Waals surface area (Å²) in [4.78, 5) is 16.0. The van der Waals surface area contributed by atoms with Crippen LogP contribution in [0.25, 0.3) is 27.7 Å². The Bertz CT molecular complexity index is 1480. The van der Waals surface area contributed by atoms with Gasteiger partial charge in [0.1, 0.15) is 0 Å². The van der Waals surface area contributed by atoms with E-state index < -0.39 is 0 Å². The van der Waals surface area contributed by atoms with Crippen LogP contribution in [0.2, 0.25) is 0 Å². The largest absolute Gasteiger partial charge is 0.381 e. The molecule has 5 aromatic rings. The number of nitrogen functional groups attached to an aromatic ring is 1. The van der Waals surface area contributed by atoms with Crippen molar-refractivity contribution in [1.29, 1.82) is 0 Å². The first-order valence-electron chi connectivity index (χ1n) is 11.7. The van der Waals surface area contributed by atoms with Crippen molar-refractivity contribution < 1.29 is 0 Å². The molecule has 1 aliphatic rings. The number of pyridine rings is 1. The van der Waals surface area contributed by atoms with Crippen LogP contribution in [0.15, 0.2) is 73.3 Å². The van der Waals surface area contributed by atoms with Crippen LogP contribution < -0.4 is 16.4 Å². The Hall–Kier alpha value is -3.97. The van der Waals surface area contributed by atoms with Crippen molar-refractivity contribution in [3.63, 3.8) is 0 Å². The summed E-state index contributed by atoms with van der Waals surface area (Å²) < 4.78 is 2.02. The lowest BCUT2D eigenvalue weighted by molar-refractivity contribution is 0.505. The number of fused-ring (bicyclic) bond motifs is 2. The molecule has 2 aromatic carbocycles. The number of benzene rings is 2. The molecule has 6 rings (SSSR count). The first kappa shape index (κ1) is 20.6. The Balaban J connectivity index is 1.48. The molecule has 1 atom stereocenters. The van der Waals surface area contributed by atoms with Crippen molar-refractivity contribution >= 4 is 27.9 Å². The predicted molar refractivity (Wildman–Crippen MR) is 137 cm³/mol. The third-order valence-corrected chi connectivity index (χ3v) is 6.73. The molecule has 1 unspecified atom stereocenters. The zero-order chi connectivity index (χ0) is 23.1. The van der Waals surface area contributed by atoms with Crippen LogP contribution in [0.5, 0.6) is 0 Å². The van der Waals surface area contributed by atoms with E-state index in [0.717, 1.165) is 48.6 Å². The Morgan fingerprint density at radius 3 is 2.79 bits per heavy atom. The molecular formula is C27H27N7. The predicted octanol–water partition coefficient (Wildman–Crippen LogP) is 4.05. The maximum Gasteiger partial charge on any atom is 0.180 e. The maximum absolute atomic E-state index is 6.33. The minimum atomic E-state index is 0.181. The molecule has 34 heavy (non-hydrogen) atoms. The van der Waals surface area contributed by atoms with E-state index >= 15 is 0 Å². The van der Waals surface area contributed by atoms with Crippen molar-refractivity contribution in [3.8, 4) is 11.3 Å². The van der Waals surface area contributed by atoms with Crippen molar-refractivity contribution in [2.75, 3.05) is 23.7 Å². The van der Waals surface area contributed by atoms with Gasteiger partial charge in [0, 0.05) is 55.4 Å². The molecule has 4 N–H and O–H groups in total. The molecule has 0 radical (unpaired) electrons. The summed E-state index contributed by atoms with van der Waals surface area (Å²) >= 11 is 0. The molecule has 3 aromatic heterocycles. The number of rotatable bonds is 4. The number of nitrogens with zero attached hydrogens (tertiary/aromatic N) is 5. The fourth-order valence-electron chi connectivity index (χ4n) is 5.06. The van der Waals surface area contributed by atoms with Gasteiger partial charge in [-0.3, -0.25) is 9.38 Å². The SMILES string of the molecule is Nc1nccn2c(Cc3cc(-c4cccc5ccccc45)ncc3N3CCCC(N)C3)cnc12. The van der Waals surface area contributed by atoms with Gasteiger partial charge in [0.15, 0.2) is 11.5 Å². The van der Waals surface area contributed by atoms with Gasteiger partial charge in [0.25, 0.3) is 0 Å². The highest BCUT2D eigenvalue weighted by atomic mass is 15.2. The van der Waals surface area contributed by atoms with Crippen molar-refractivity contribution in [2.45, 2.75) is 25.3 Å². The highest BCUT2D eigenvalue weighted by molar-refractivity contribution is 5.96. The topological polar surface area (TPSA) is 98.4 Å². The normalized spacial score (nSPS) is 16.4. The fourth-order valence-corrected chi connectivity index (χ4v) is 5.06. The fraction of sp³-hybridized carbons (Fsp3) is 0.222. The Labute approximate surface area is 198 Å². The van der Waals surface area contributed by atoms with E-state index in [1.54, 1.807) is 6.20 Å². The van der Waals surface area contributed by atoms with Gasteiger partial charge >= 0.3 is 0 Å². The summed E-state index contributed by atoms with van der Waals surface area (Å²) in [6.45, 7) is 1.83. The maximum atomic E-state index is 6.33. The molecule has 0 amide bonds. The van der Waals surface area contributed by atoms with Crippen molar-refractivity contribution in [1.82, 2.24) is 19.4 Å². The van der Waals surface area contributed by atoms with Crippen LogP contribution in [-0.4, -0.2) is 38.5 Å². The number of aromatic nitrogens is 4. The summed E-state index contributed by atoms with van der Waals surface area (Å²) in [5.41, 5.74) is 18.5. The second-order valence-electron chi connectivity index (χ2n) is 9.01. The average Bonchev–Trinajstić information content (AvgIpc) is 3.28. The lowest BCUT2D eigenvalue weighted by Crippen LogP contribution is -2.43.